The Hall–Kier alpha value is -3.35. The van der Waals surface area contributed by atoms with Crippen LogP contribution in [0.2, 0.25) is 0 Å². The second kappa shape index (κ2) is 11.9. The number of alkyl carbamates (subject to hydrolysis) is 1. The van der Waals surface area contributed by atoms with Crippen molar-refractivity contribution >= 4 is 17.9 Å². The van der Waals surface area contributed by atoms with Crippen molar-refractivity contribution in [3.8, 4) is 0 Å². The summed E-state index contributed by atoms with van der Waals surface area (Å²) in [5, 5.41) is 5.67. The van der Waals surface area contributed by atoms with Crippen LogP contribution in [0.1, 0.15) is 62.9 Å². The van der Waals surface area contributed by atoms with Gasteiger partial charge < -0.3 is 20.3 Å². The van der Waals surface area contributed by atoms with Crippen molar-refractivity contribution in [1.29, 1.82) is 0 Å². The molecule has 0 saturated heterocycles. The second-order valence-electron chi connectivity index (χ2n) is 10.3. The van der Waals surface area contributed by atoms with E-state index < -0.39 is 23.8 Å². The minimum Gasteiger partial charge on any atom is -0.444 e. The molecule has 7 heteroatoms. The van der Waals surface area contributed by atoms with E-state index in [-0.39, 0.29) is 17.7 Å². The van der Waals surface area contributed by atoms with Crippen molar-refractivity contribution < 1.29 is 19.1 Å². The molecule has 2 N–H and O–H groups in total. The molecule has 0 aliphatic carbocycles. The van der Waals surface area contributed by atoms with E-state index in [2.05, 4.69) is 10.6 Å². The maximum absolute atomic E-state index is 13.6. The fourth-order valence-corrected chi connectivity index (χ4v) is 3.83. The van der Waals surface area contributed by atoms with Crippen LogP contribution in [0.4, 0.5) is 4.79 Å². The predicted molar refractivity (Wildman–Crippen MR) is 138 cm³/mol. The molecule has 0 bridgehead atoms. The first kappa shape index (κ1) is 27.9. The van der Waals surface area contributed by atoms with E-state index in [0.717, 1.165) is 22.3 Å². The van der Waals surface area contributed by atoms with Crippen LogP contribution in [0, 0.1) is 19.8 Å². The minimum absolute atomic E-state index is 0.218. The molecule has 0 aliphatic heterocycles. The van der Waals surface area contributed by atoms with Crippen molar-refractivity contribution in [3.05, 3.63) is 70.8 Å². The van der Waals surface area contributed by atoms with Gasteiger partial charge in [0.1, 0.15) is 17.7 Å². The largest absolute Gasteiger partial charge is 0.444 e. The molecule has 2 unspecified atom stereocenters. The molecule has 7 nitrogen and oxygen atoms in total. The third kappa shape index (κ3) is 8.12. The fraction of sp³-hybridized carbons (Fsp3) is 0.464. The van der Waals surface area contributed by atoms with Crippen molar-refractivity contribution in [2.75, 3.05) is 7.05 Å². The van der Waals surface area contributed by atoms with Crippen LogP contribution in [0.3, 0.4) is 0 Å². The Labute approximate surface area is 209 Å². The molecule has 0 spiro atoms. The molecular weight excluding hydrogens is 442 g/mol. The van der Waals surface area contributed by atoms with E-state index in [0.29, 0.717) is 6.54 Å². The van der Waals surface area contributed by atoms with Crippen LogP contribution >= 0.6 is 0 Å². The highest BCUT2D eigenvalue weighted by Crippen LogP contribution is 2.26. The molecule has 2 atom stereocenters. The summed E-state index contributed by atoms with van der Waals surface area (Å²) in [4.78, 5) is 41.0. The molecule has 2 aromatic carbocycles. The first-order valence-electron chi connectivity index (χ1n) is 11.9. The number of carbonyl (C=O) groups is 3. The van der Waals surface area contributed by atoms with Gasteiger partial charge in [-0.3, -0.25) is 9.59 Å². The SMILES string of the molecule is Cc1ccc(C(C(=O)NCc2ccccc2)N(C)C(=O)C(NC(=O)OC(C)(C)C)C(C)C)c(C)c1. The number of carbonyl (C=O) groups excluding carboxylic acids is 3. The number of rotatable bonds is 8. The Morgan fingerprint density at radius 2 is 1.63 bits per heavy atom. The number of hydrogen-bond acceptors (Lipinski definition) is 4. The van der Waals surface area contributed by atoms with E-state index in [4.69, 9.17) is 4.74 Å². The van der Waals surface area contributed by atoms with Crippen molar-refractivity contribution in [1.82, 2.24) is 15.5 Å². The summed E-state index contributed by atoms with van der Waals surface area (Å²) in [6.07, 6.45) is -0.672. The van der Waals surface area contributed by atoms with Gasteiger partial charge in [0.25, 0.3) is 0 Å². The van der Waals surface area contributed by atoms with Gasteiger partial charge in [0.2, 0.25) is 11.8 Å². The van der Waals surface area contributed by atoms with Crippen LogP contribution < -0.4 is 10.6 Å². The number of benzene rings is 2. The maximum atomic E-state index is 13.6. The number of nitrogens with zero attached hydrogens (tertiary/aromatic N) is 1. The van der Waals surface area contributed by atoms with Crippen LogP contribution in [0.15, 0.2) is 48.5 Å². The molecule has 190 valence electrons. The average Bonchev–Trinajstić information content (AvgIpc) is 2.76. The summed E-state index contributed by atoms with van der Waals surface area (Å²) in [6, 6.07) is 13.7. The lowest BCUT2D eigenvalue weighted by Gasteiger charge is -2.33. The third-order valence-corrected chi connectivity index (χ3v) is 5.62. The van der Waals surface area contributed by atoms with E-state index in [1.165, 1.54) is 4.90 Å². The Bertz CT molecular complexity index is 1030. The topological polar surface area (TPSA) is 87.7 Å². The van der Waals surface area contributed by atoms with Crippen LogP contribution in [0.5, 0.6) is 0 Å². The van der Waals surface area contributed by atoms with E-state index >= 15 is 0 Å². The maximum Gasteiger partial charge on any atom is 0.408 e. The van der Waals surface area contributed by atoms with Gasteiger partial charge in [-0.1, -0.05) is 67.9 Å². The Kier molecular flexibility index (Phi) is 9.46. The minimum atomic E-state index is -0.867. The molecule has 0 heterocycles. The molecular formula is C28H39N3O4. The second-order valence-corrected chi connectivity index (χ2v) is 10.3. The Balaban J connectivity index is 2.34. The summed E-state index contributed by atoms with van der Waals surface area (Å²) in [6.45, 7) is 13.2. The highest BCUT2D eigenvalue weighted by atomic mass is 16.6. The van der Waals surface area contributed by atoms with Crippen LogP contribution in [-0.2, 0) is 20.9 Å². The summed E-state index contributed by atoms with van der Waals surface area (Å²) >= 11 is 0. The van der Waals surface area contributed by atoms with Gasteiger partial charge in [-0.15, -0.1) is 0 Å². The zero-order valence-electron chi connectivity index (χ0n) is 22.1. The molecule has 0 aromatic heterocycles. The Morgan fingerprint density at radius 3 is 2.17 bits per heavy atom. The van der Waals surface area contributed by atoms with Gasteiger partial charge in [-0.25, -0.2) is 4.79 Å². The lowest BCUT2D eigenvalue weighted by Crippen LogP contribution is -2.53. The molecule has 2 aromatic rings. The predicted octanol–water partition coefficient (Wildman–Crippen LogP) is 4.67. The molecule has 0 saturated carbocycles. The molecule has 3 amide bonds. The molecule has 0 fully saturated rings. The van der Waals surface area contributed by atoms with Gasteiger partial charge in [0.15, 0.2) is 0 Å². The molecule has 0 radical (unpaired) electrons. The van der Waals surface area contributed by atoms with Gasteiger partial charge >= 0.3 is 6.09 Å². The highest BCUT2D eigenvalue weighted by molar-refractivity contribution is 5.92. The zero-order valence-corrected chi connectivity index (χ0v) is 22.1. The monoisotopic (exact) mass is 481 g/mol. The van der Waals surface area contributed by atoms with Crippen LogP contribution in [-0.4, -0.2) is 41.5 Å². The first-order chi connectivity index (χ1) is 16.3. The number of ether oxygens (including phenoxy) is 1. The van der Waals surface area contributed by atoms with Gasteiger partial charge in [-0.05, 0) is 57.2 Å². The van der Waals surface area contributed by atoms with E-state index in [1.807, 2.05) is 76.2 Å². The lowest BCUT2D eigenvalue weighted by atomic mass is 9.95. The molecule has 35 heavy (non-hydrogen) atoms. The number of hydrogen-bond donors (Lipinski definition) is 2. The summed E-state index contributed by atoms with van der Waals surface area (Å²) in [5.74, 6) is -0.883. The number of amides is 3. The Morgan fingerprint density at radius 1 is 1.00 bits per heavy atom. The number of aryl methyl sites for hydroxylation is 2. The highest BCUT2D eigenvalue weighted by Gasteiger charge is 2.36. The number of nitrogens with one attached hydrogen (secondary N) is 2. The summed E-state index contributed by atoms with van der Waals surface area (Å²) < 4.78 is 5.36. The van der Waals surface area contributed by atoms with Gasteiger partial charge in [-0.2, -0.15) is 0 Å². The van der Waals surface area contributed by atoms with Crippen molar-refractivity contribution in [3.63, 3.8) is 0 Å². The van der Waals surface area contributed by atoms with Crippen molar-refractivity contribution in [2.45, 2.75) is 72.7 Å². The molecule has 0 aliphatic rings. The fourth-order valence-electron chi connectivity index (χ4n) is 3.83. The average molecular weight is 482 g/mol. The van der Waals surface area contributed by atoms with E-state index in [1.54, 1.807) is 27.8 Å². The van der Waals surface area contributed by atoms with E-state index in [9.17, 15) is 14.4 Å². The smallest absolute Gasteiger partial charge is 0.408 e. The standard InChI is InChI=1S/C28H39N3O4/c1-18(2)23(30-27(34)35-28(5,6)7)26(33)31(8)24(22-15-14-19(3)16-20(22)4)25(32)29-17-21-12-10-9-11-13-21/h9-16,18,23-24H,17H2,1-8H3,(H,29,32)(H,30,34). The van der Waals surface area contributed by atoms with Gasteiger partial charge in [0.05, 0.1) is 0 Å². The number of likely N-dealkylation sites (N-methyl/N-ethyl adjacent to an activating group) is 1. The van der Waals surface area contributed by atoms with Crippen molar-refractivity contribution in [2.24, 2.45) is 5.92 Å². The normalized spacial score (nSPS) is 13.1. The summed E-state index contributed by atoms with van der Waals surface area (Å²) in [7, 11) is 1.60. The zero-order chi connectivity index (χ0) is 26.3. The van der Waals surface area contributed by atoms with Gasteiger partial charge in [0, 0.05) is 13.6 Å². The van der Waals surface area contributed by atoms with Crippen LogP contribution in [0.25, 0.3) is 0 Å². The first-order valence-corrected chi connectivity index (χ1v) is 11.9. The lowest BCUT2D eigenvalue weighted by molar-refractivity contribution is -0.141. The third-order valence-electron chi connectivity index (χ3n) is 5.62. The summed E-state index contributed by atoms with van der Waals surface area (Å²) in [5.41, 5.74) is 2.97. The molecule has 2 rings (SSSR count). The quantitative estimate of drug-likeness (QED) is 0.574.